The van der Waals surface area contributed by atoms with Crippen molar-refractivity contribution < 1.29 is 24.2 Å². The van der Waals surface area contributed by atoms with Gasteiger partial charge in [-0.25, -0.2) is 4.79 Å². The van der Waals surface area contributed by atoms with Crippen LogP contribution in [0.2, 0.25) is 0 Å². The number of aryl methyl sites for hydroxylation is 1. The lowest BCUT2D eigenvalue weighted by molar-refractivity contribution is -0.131. The molecule has 6 heteroatoms. The molecule has 1 aliphatic rings. The highest BCUT2D eigenvalue weighted by molar-refractivity contribution is 6.40. The van der Waals surface area contributed by atoms with E-state index in [-0.39, 0.29) is 17.2 Å². The van der Waals surface area contributed by atoms with Gasteiger partial charge in [-0.2, -0.15) is 0 Å². The molecule has 0 aliphatic carbocycles. The number of hydrogen-bond donors (Lipinski definition) is 1. The van der Waals surface area contributed by atoms with E-state index in [0.29, 0.717) is 18.5 Å². The number of ether oxygens (including phenoxy) is 1. The number of hydrogen-bond acceptors (Lipinski definition) is 4. The molecule has 100 valence electrons. The van der Waals surface area contributed by atoms with E-state index >= 15 is 0 Å². The van der Waals surface area contributed by atoms with E-state index in [1.54, 1.807) is 13.1 Å². The van der Waals surface area contributed by atoms with Crippen LogP contribution in [0, 0.1) is 0 Å². The molecule has 6 nitrogen and oxygen atoms in total. The second-order valence-corrected chi connectivity index (χ2v) is 4.27. The van der Waals surface area contributed by atoms with Gasteiger partial charge in [0.2, 0.25) is 5.91 Å². The van der Waals surface area contributed by atoms with Gasteiger partial charge in [0.25, 0.3) is 5.78 Å². The summed E-state index contributed by atoms with van der Waals surface area (Å²) in [5.41, 5.74) is 1.37. The van der Waals surface area contributed by atoms with Crippen LogP contribution < -0.4 is 9.64 Å². The van der Waals surface area contributed by atoms with Crippen molar-refractivity contribution in [2.45, 2.75) is 12.8 Å². The summed E-state index contributed by atoms with van der Waals surface area (Å²) in [4.78, 5) is 35.5. The molecule has 0 saturated heterocycles. The quantitative estimate of drug-likeness (QED) is 0.646. The number of nitrogens with zero attached hydrogens (tertiary/aromatic N) is 1. The molecule has 0 bridgehead atoms. The normalized spacial score (nSPS) is 14.0. The molecule has 1 heterocycles. The van der Waals surface area contributed by atoms with Crippen LogP contribution in [-0.4, -0.2) is 36.9 Å². The zero-order valence-electron chi connectivity index (χ0n) is 10.6. The molecule has 1 aromatic rings. The summed E-state index contributed by atoms with van der Waals surface area (Å²) in [5, 5.41) is 8.79. The Kier molecular flexibility index (Phi) is 3.25. The lowest BCUT2D eigenvalue weighted by atomic mass is 9.97. The van der Waals surface area contributed by atoms with Crippen molar-refractivity contribution in [2.75, 3.05) is 19.1 Å². The summed E-state index contributed by atoms with van der Waals surface area (Å²) in [6.07, 6.45) is 0.940. The van der Waals surface area contributed by atoms with Crippen LogP contribution >= 0.6 is 0 Å². The van der Waals surface area contributed by atoms with Gasteiger partial charge >= 0.3 is 5.97 Å². The van der Waals surface area contributed by atoms with Gasteiger partial charge in [0.15, 0.2) is 0 Å². The van der Waals surface area contributed by atoms with Gasteiger partial charge in [-0.05, 0) is 24.1 Å². The van der Waals surface area contributed by atoms with Crippen LogP contribution in [0.15, 0.2) is 12.1 Å². The summed E-state index contributed by atoms with van der Waals surface area (Å²) < 4.78 is 5.06. The van der Waals surface area contributed by atoms with Crippen LogP contribution in [-0.2, 0) is 16.0 Å². The Balaban J connectivity index is 2.59. The second kappa shape index (κ2) is 4.72. The monoisotopic (exact) mass is 263 g/mol. The van der Waals surface area contributed by atoms with Crippen molar-refractivity contribution in [2.24, 2.45) is 0 Å². The maximum Gasteiger partial charge on any atom is 0.377 e. The number of anilines is 1. The molecule has 1 amide bonds. The number of rotatable bonds is 3. The second-order valence-electron chi connectivity index (χ2n) is 4.27. The highest BCUT2D eigenvalue weighted by atomic mass is 16.5. The molecule has 1 aromatic carbocycles. The first-order chi connectivity index (χ1) is 8.95. The molecule has 0 unspecified atom stereocenters. The topological polar surface area (TPSA) is 83.9 Å². The highest BCUT2D eigenvalue weighted by Gasteiger charge is 2.27. The molecule has 0 fully saturated rings. The Bertz CT molecular complexity index is 579. The summed E-state index contributed by atoms with van der Waals surface area (Å²) in [7, 11) is 2.97. The maximum atomic E-state index is 11.6. The Morgan fingerprint density at radius 2 is 2.00 bits per heavy atom. The van der Waals surface area contributed by atoms with Crippen LogP contribution in [0.25, 0.3) is 0 Å². The molecule has 1 N–H and O–H groups in total. The molecule has 0 saturated carbocycles. The highest BCUT2D eigenvalue weighted by Crippen LogP contribution is 2.33. The van der Waals surface area contributed by atoms with E-state index in [1.165, 1.54) is 18.1 Å². The lowest BCUT2D eigenvalue weighted by Gasteiger charge is -2.26. The van der Waals surface area contributed by atoms with Gasteiger partial charge in [-0.3, -0.25) is 9.59 Å². The van der Waals surface area contributed by atoms with Gasteiger partial charge in [0.05, 0.1) is 12.7 Å². The Hall–Kier alpha value is -2.37. The van der Waals surface area contributed by atoms with Crippen molar-refractivity contribution in [3.63, 3.8) is 0 Å². The third kappa shape index (κ3) is 2.16. The summed E-state index contributed by atoms with van der Waals surface area (Å²) in [6, 6.07) is 3.02. The van der Waals surface area contributed by atoms with Crippen molar-refractivity contribution in [3.05, 3.63) is 23.3 Å². The first-order valence-electron chi connectivity index (χ1n) is 5.70. The number of methoxy groups -OCH3 is 1. The minimum atomic E-state index is -1.55. The van der Waals surface area contributed by atoms with Gasteiger partial charge in [-0.15, -0.1) is 0 Å². The molecule has 2 rings (SSSR count). The molecule has 0 atom stereocenters. The van der Waals surface area contributed by atoms with Crippen molar-refractivity contribution >= 4 is 23.3 Å². The molecular formula is C13H13NO5. The van der Waals surface area contributed by atoms with Crippen LogP contribution in [0.1, 0.15) is 22.3 Å². The number of ketones is 1. The molecule has 0 aromatic heterocycles. The fraction of sp³-hybridized carbons (Fsp3) is 0.308. The lowest BCUT2D eigenvalue weighted by Crippen LogP contribution is -2.31. The van der Waals surface area contributed by atoms with Crippen molar-refractivity contribution in [1.82, 2.24) is 0 Å². The summed E-state index contributed by atoms with van der Waals surface area (Å²) >= 11 is 0. The predicted octanol–water partition coefficient (Wildman–Crippen LogP) is 0.872. The van der Waals surface area contributed by atoms with E-state index in [2.05, 4.69) is 0 Å². The number of aliphatic carboxylic acids is 1. The number of carbonyl (C=O) groups excluding carboxylic acids is 2. The predicted molar refractivity (Wildman–Crippen MR) is 66.7 cm³/mol. The zero-order chi connectivity index (χ0) is 14.2. The van der Waals surface area contributed by atoms with Crippen molar-refractivity contribution in [1.29, 1.82) is 0 Å². The first kappa shape index (κ1) is 13.1. The zero-order valence-corrected chi connectivity index (χ0v) is 10.6. The van der Waals surface area contributed by atoms with E-state index in [4.69, 9.17) is 9.84 Å². The van der Waals surface area contributed by atoms with E-state index in [0.717, 1.165) is 5.56 Å². The first-order valence-corrected chi connectivity index (χ1v) is 5.70. The van der Waals surface area contributed by atoms with Crippen molar-refractivity contribution in [3.8, 4) is 5.75 Å². The molecule has 0 spiro atoms. The average Bonchev–Trinajstić information content (AvgIpc) is 2.40. The maximum absolute atomic E-state index is 11.6. The number of carboxylic acids is 1. The number of carbonyl (C=O) groups is 3. The Labute approximate surface area is 109 Å². The SMILES string of the molecule is COc1cc2c(cc1C(=O)C(=O)O)N(C)C(=O)CC2. The molecular weight excluding hydrogens is 250 g/mol. The minimum absolute atomic E-state index is 0.0460. The fourth-order valence-corrected chi connectivity index (χ4v) is 2.13. The smallest absolute Gasteiger partial charge is 0.377 e. The number of Topliss-reactive ketones (excluding diaryl/α,β-unsaturated/α-hetero) is 1. The van der Waals surface area contributed by atoms with E-state index in [9.17, 15) is 14.4 Å². The van der Waals surface area contributed by atoms with E-state index < -0.39 is 11.8 Å². The largest absolute Gasteiger partial charge is 0.496 e. The number of amides is 1. The van der Waals surface area contributed by atoms with Gasteiger partial charge in [-0.1, -0.05) is 0 Å². The van der Waals surface area contributed by atoms with Crippen LogP contribution in [0.5, 0.6) is 5.75 Å². The molecule has 1 aliphatic heterocycles. The van der Waals surface area contributed by atoms with Gasteiger partial charge in [0, 0.05) is 19.2 Å². The Morgan fingerprint density at radius 3 is 2.58 bits per heavy atom. The fourth-order valence-electron chi connectivity index (χ4n) is 2.13. The van der Waals surface area contributed by atoms with Gasteiger partial charge in [0.1, 0.15) is 5.75 Å². The third-order valence-corrected chi connectivity index (χ3v) is 3.18. The van der Waals surface area contributed by atoms with E-state index in [1.807, 2.05) is 0 Å². The minimum Gasteiger partial charge on any atom is -0.496 e. The number of fused-ring (bicyclic) bond motifs is 1. The number of carboxylic acid groups (broad SMARTS) is 1. The third-order valence-electron chi connectivity index (χ3n) is 3.18. The molecule has 0 radical (unpaired) electrons. The van der Waals surface area contributed by atoms with Gasteiger partial charge < -0.3 is 14.7 Å². The standard InChI is InChI=1S/C13H13NO5/c1-14-9-6-8(12(16)13(17)18)10(19-2)5-7(9)3-4-11(14)15/h5-6H,3-4H2,1-2H3,(H,17,18). The summed E-state index contributed by atoms with van der Waals surface area (Å²) in [6.45, 7) is 0. The number of benzene rings is 1. The molecule has 19 heavy (non-hydrogen) atoms. The van der Waals surface area contributed by atoms with Crippen LogP contribution in [0.4, 0.5) is 5.69 Å². The summed E-state index contributed by atoms with van der Waals surface area (Å²) in [5.74, 6) is -2.45. The average molecular weight is 263 g/mol. The Morgan fingerprint density at radius 1 is 1.32 bits per heavy atom. The van der Waals surface area contributed by atoms with Crippen LogP contribution in [0.3, 0.4) is 0 Å².